The van der Waals surface area contributed by atoms with Gasteiger partial charge in [-0.25, -0.2) is 4.79 Å². The Morgan fingerprint density at radius 1 is 1.32 bits per heavy atom. The van der Waals surface area contributed by atoms with Gasteiger partial charge in [0.25, 0.3) is 5.91 Å². The molecule has 1 amide bonds. The fourth-order valence-electron chi connectivity index (χ4n) is 1.68. The highest BCUT2D eigenvalue weighted by atomic mass is 35.5. The summed E-state index contributed by atoms with van der Waals surface area (Å²) in [5, 5.41) is 3.04. The van der Waals surface area contributed by atoms with E-state index in [-0.39, 0.29) is 5.76 Å². The summed E-state index contributed by atoms with van der Waals surface area (Å²) in [4.78, 5) is 23.8. The number of methoxy groups -OCH3 is 1. The average Bonchev–Trinajstić information content (AvgIpc) is 3.01. The summed E-state index contributed by atoms with van der Waals surface area (Å²) < 4.78 is 15.0. The van der Waals surface area contributed by atoms with Crippen LogP contribution in [0, 0.1) is 0 Å². The Bertz CT molecular complexity index is 669. The molecule has 1 unspecified atom stereocenters. The van der Waals surface area contributed by atoms with Crippen molar-refractivity contribution in [3.05, 3.63) is 47.4 Å². The van der Waals surface area contributed by atoms with Gasteiger partial charge in [-0.2, -0.15) is 0 Å². The Balaban J connectivity index is 2.02. The smallest absolute Gasteiger partial charge is 0.374 e. The first-order valence-corrected chi connectivity index (χ1v) is 6.78. The third-order valence-corrected chi connectivity index (χ3v) is 3.03. The standard InChI is InChI=1S/C15H14ClNO5/c1-9(22-15(19)13-4-3-7-21-13)14(18)17-11-8-10(16)5-6-12(11)20-2/h3-9H,1-2H3,(H,17,18). The van der Waals surface area contributed by atoms with Gasteiger partial charge in [-0.05, 0) is 37.3 Å². The number of amides is 1. The van der Waals surface area contributed by atoms with Gasteiger partial charge in [-0.1, -0.05) is 11.6 Å². The van der Waals surface area contributed by atoms with Crippen LogP contribution in [0.15, 0.2) is 41.0 Å². The van der Waals surface area contributed by atoms with E-state index in [1.165, 1.54) is 26.4 Å². The summed E-state index contributed by atoms with van der Waals surface area (Å²) in [5.74, 6) is -0.756. The first-order valence-electron chi connectivity index (χ1n) is 6.40. The molecule has 22 heavy (non-hydrogen) atoms. The van der Waals surface area contributed by atoms with Gasteiger partial charge in [0.15, 0.2) is 6.10 Å². The lowest BCUT2D eigenvalue weighted by atomic mass is 10.2. The van der Waals surface area contributed by atoms with Crippen molar-refractivity contribution in [3.63, 3.8) is 0 Å². The van der Waals surface area contributed by atoms with Gasteiger partial charge in [0.05, 0.1) is 19.1 Å². The van der Waals surface area contributed by atoms with Gasteiger partial charge < -0.3 is 19.2 Å². The highest BCUT2D eigenvalue weighted by Crippen LogP contribution is 2.27. The minimum absolute atomic E-state index is 0.0278. The van der Waals surface area contributed by atoms with E-state index in [0.29, 0.717) is 16.5 Å². The van der Waals surface area contributed by atoms with Crippen LogP contribution in [-0.4, -0.2) is 25.1 Å². The number of rotatable bonds is 5. The Labute approximate surface area is 132 Å². The van der Waals surface area contributed by atoms with E-state index in [9.17, 15) is 9.59 Å². The molecule has 116 valence electrons. The maximum Gasteiger partial charge on any atom is 0.374 e. The largest absolute Gasteiger partial charge is 0.495 e. The second-order valence-electron chi connectivity index (χ2n) is 4.36. The van der Waals surface area contributed by atoms with Crippen LogP contribution in [-0.2, 0) is 9.53 Å². The van der Waals surface area contributed by atoms with Crippen LogP contribution in [0.4, 0.5) is 5.69 Å². The van der Waals surface area contributed by atoms with Crippen LogP contribution in [0.5, 0.6) is 5.75 Å². The molecule has 0 radical (unpaired) electrons. The van der Waals surface area contributed by atoms with Crippen molar-refractivity contribution in [3.8, 4) is 5.75 Å². The SMILES string of the molecule is COc1ccc(Cl)cc1NC(=O)C(C)OC(=O)c1ccco1. The van der Waals surface area contributed by atoms with E-state index < -0.39 is 18.0 Å². The second-order valence-corrected chi connectivity index (χ2v) is 4.80. The van der Waals surface area contributed by atoms with E-state index in [4.69, 9.17) is 25.5 Å². The van der Waals surface area contributed by atoms with Crippen LogP contribution in [0.3, 0.4) is 0 Å². The molecule has 1 heterocycles. The van der Waals surface area contributed by atoms with Crippen molar-refractivity contribution in [2.24, 2.45) is 0 Å². The molecule has 0 saturated carbocycles. The monoisotopic (exact) mass is 323 g/mol. The quantitative estimate of drug-likeness (QED) is 0.855. The molecule has 1 atom stereocenters. The maximum atomic E-state index is 12.1. The second kappa shape index (κ2) is 7.00. The van der Waals surface area contributed by atoms with Gasteiger partial charge in [0.1, 0.15) is 5.75 Å². The lowest BCUT2D eigenvalue weighted by molar-refractivity contribution is -0.123. The summed E-state index contributed by atoms with van der Waals surface area (Å²) in [6.45, 7) is 1.45. The summed E-state index contributed by atoms with van der Waals surface area (Å²) in [7, 11) is 1.47. The van der Waals surface area contributed by atoms with Crippen LogP contribution >= 0.6 is 11.6 Å². The normalized spacial score (nSPS) is 11.6. The molecule has 2 aromatic rings. The molecule has 0 saturated heterocycles. The summed E-state index contributed by atoms with van der Waals surface area (Å²) >= 11 is 5.88. The van der Waals surface area contributed by atoms with E-state index in [2.05, 4.69) is 5.32 Å². The maximum absolute atomic E-state index is 12.1. The van der Waals surface area contributed by atoms with E-state index in [1.807, 2.05) is 0 Å². The lowest BCUT2D eigenvalue weighted by Crippen LogP contribution is -2.30. The minimum atomic E-state index is -1.01. The fraction of sp³-hybridized carbons (Fsp3) is 0.200. The molecular formula is C15H14ClNO5. The molecule has 1 aromatic carbocycles. The summed E-state index contributed by atoms with van der Waals surface area (Å²) in [6, 6.07) is 7.80. The number of esters is 1. The molecular weight excluding hydrogens is 310 g/mol. The van der Waals surface area contributed by atoms with Crippen molar-refractivity contribution in [2.75, 3.05) is 12.4 Å². The first-order chi connectivity index (χ1) is 10.5. The number of hydrogen-bond acceptors (Lipinski definition) is 5. The highest BCUT2D eigenvalue weighted by molar-refractivity contribution is 6.31. The Morgan fingerprint density at radius 2 is 2.09 bits per heavy atom. The molecule has 1 aromatic heterocycles. The number of hydrogen-bond donors (Lipinski definition) is 1. The number of furan rings is 1. The van der Waals surface area contributed by atoms with Gasteiger partial charge >= 0.3 is 5.97 Å². The first kappa shape index (κ1) is 15.9. The van der Waals surface area contributed by atoms with Crippen LogP contribution < -0.4 is 10.1 Å². The third kappa shape index (κ3) is 3.79. The van der Waals surface area contributed by atoms with E-state index in [1.54, 1.807) is 24.3 Å². The zero-order valence-electron chi connectivity index (χ0n) is 12.0. The molecule has 0 fully saturated rings. The van der Waals surface area contributed by atoms with Crippen LogP contribution in [0.2, 0.25) is 5.02 Å². The van der Waals surface area contributed by atoms with Gasteiger partial charge in [-0.15, -0.1) is 0 Å². The van der Waals surface area contributed by atoms with Crippen molar-refractivity contribution in [1.82, 2.24) is 0 Å². The zero-order chi connectivity index (χ0) is 16.1. The molecule has 0 aliphatic rings. The molecule has 2 rings (SSSR count). The number of ether oxygens (including phenoxy) is 2. The number of halogens is 1. The topological polar surface area (TPSA) is 77.8 Å². The molecule has 0 spiro atoms. The Morgan fingerprint density at radius 3 is 2.73 bits per heavy atom. The lowest BCUT2D eigenvalue weighted by Gasteiger charge is -2.14. The van der Waals surface area contributed by atoms with Gasteiger partial charge in [0, 0.05) is 5.02 Å². The fourth-order valence-corrected chi connectivity index (χ4v) is 1.85. The predicted molar refractivity (Wildman–Crippen MR) is 80.2 cm³/mol. The van der Waals surface area contributed by atoms with Crippen molar-refractivity contribution >= 4 is 29.2 Å². The van der Waals surface area contributed by atoms with E-state index >= 15 is 0 Å². The molecule has 0 bridgehead atoms. The summed E-state index contributed by atoms with van der Waals surface area (Å²) in [5.41, 5.74) is 0.390. The van der Waals surface area contributed by atoms with Gasteiger partial charge in [-0.3, -0.25) is 4.79 Å². The molecule has 0 aliphatic heterocycles. The molecule has 7 heteroatoms. The zero-order valence-corrected chi connectivity index (χ0v) is 12.7. The minimum Gasteiger partial charge on any atom is -0.495 e. The van der Waals surface area contributed by atoms with Crippen molar-refractivity contribution in [1.29, 1.82) is 0 Å². The predicted octanol–water partition coefficient (Wildman–Crippen LogP) is 3.13. The number of carbonyl (C=O) groups excluding carboxylic acids is 2. The number of nitrogens with one attached hydrogen (secondary N) is 1. The number of carbonyl (C=O) groups is 2. The van der Waals surface area contributed by atoms with Crippen molar-refractivity contribution < 1.29 is 23.5 Å². The third-order valence-electron chi connectivity index (χ3n) is 2.79. The molecule has 0 aliphatic carbocycles. The number of benzene rings is 1. The van der Waals surface area contributed by atoms with Crippen LogP contribution in [0.1, 0.15) is 17.5 Å². The highest BCUT2D eigenvalue weighted by Gasteiger charge is 2.21. The molecule has 6 nitrogen and oxygen atoms in total. The van der Waals surface area contributed by atoms with Gasteiger partial charge in [0.2, 0.25) is 5.76 Å². The summed E-state index contributed by atoms with van der Waals surface area (Å²) in [6.07, 6.45) is 0.333. The number of anilines is 1. The average molecular weight is 324 g/mol. The van der Waals surface area contributed by atoms with Crippen molar-refractivity contribution in [2.45, 2.75) is 13.0 Å². The van der Waals surface area contributed by atoms with E-state index in [0.717, 1.165) is 0 Å². The Hall–Kier alpha value is -2.47. The Kier molecular flexibility index (Phi) is 5.06. The molecule has 1 N–H and O–H groups in total. The van der Waals surface area contributed by atoms with Crippen LogP contribution in [0.25, 0.3) is 0 Å².